The molecule has 1 aliphatic rings. The van der Waals surface area contributed by atoms with Crippen LogP contribution in [0, 0.1) is 0 Å². The number of anilines is 2. The number of rotatable bonds is 10. The van der Waals surface area contributed by atoms with Crippen molar-refractivity contribution in [2.24, 2.45) is 0 Å². The Hall–Kier alpha value is -5.96. The zero-order valence-electron chi connectivity index (χ0n) is 39.2. The molecule has 6 aromatic carbocycles. The van der Waals surface area contributed by atoms with Crippen molar-refractivity contribution in [1.82, 2.24) is 0 Å². The third-order valence-corrected chi connectivity index (χ3v) is 12.4. The van der Waals surface area contributed by atoms with E-state index in [-0.39, 0.29) is 59.8 Å². The van der Waals surface area contributed by atoms with E-state index in [1.807, 2.05) is 24.3 Å². The smallest absolute Gasteiger partial charge is 0.255 e. The fourth-order valence-corrected chi connectivity index (χ4v) is 8.56. The van der Waals surface area contributed by atoms with Crippen LogP contribution in [0.3, 0.4) is 0 Å². The van der Waals surface area contributed by atoms with E-state index in [0.29, 0.717) is 79.5 Å². The second-order valence-corrected chi connectivity index (χ2v) is 20.2. The number of ether oxygens (including phenoxy) is 2. The van der Waals surface area contributed by atoms with Gasteiger partial charge in [0.2, 0.25) is 0 Å². The molecule has 0 saturated carbocycles. The fraction of sp³-hybridized carbons (Fsp3) is 0.321. The molecule has 0 aliphatic heterocycles. The van der Waals surface area contributed by atoms with Gasteiger partial charge in [-0.2, -0.15) is 0 Å². The summed E-state index contributed by atoms with van der Waals surface area (Å²) in [6, 6.07) is 29.3. The number of nitrogens with one attached hydrogen (secondary N) is 2. The first kappa shape index (κ1) is 48.0. The van der Waals surface area contributed by atoms with E-state index in [2.05, 4.69) is 90.3 Å². The predicted molar refractivity (Wildman–Crippen MR) is 268 cm³/mol. The quantitative estimate of drug-likeness (QED) is 0.102. The van der Waals surface area contributed by atoms with Gasteiger partial charge in [-0.05, 0) is 130 Å². The highest BCUT2D eigenvalue weighted by Crippen LogP contribution is 2.43. The summed E-state index contributed by atoms with van der Waals surface area (Å²) in [6.07, 6.45) is 2.56. The first-order valence-electron chi connectivity index (χ1n) is 22.7. The molecule has 8 nitrogen and oxygen atoms in total. The number of hydrogen-bond acceptors (Lipinski definition) is 6. The molecule has 4 N–H and O–H groups in total. The van der Waals surface area contributed by atoms with Gasteiger partial charge in [-0.1, -0.05) is 103 Å². The molecule has 344 valence electrons. The maximum Gasteiger partial charge on any atom is 0.255 e. The van der Waals surface area contributed by atoms with Gasteiger partial charge in [-0.15, -0.1) is 0 Å². The number of benzene rings is 6. The topological polar surface area (TPSA) is 117 Å². The molecule has 66 heavy (non-hydrogen) atoms. The molecule has 0 saturated heterocycles. The van der Waals surface area contributed by atoms with E-state index in [1.165, 1.54) is 0 Å². The van der Waals surface area contributed by atoms with Crippen LogP contribution in [0.15, 0.2) is 97.1 Å². The number of halogens is 2. The molecule has 0 spiro atoms. The molecule has 10 heteroatoms. The molecule has 2 amide bonds. The normalized spacial score (nSPS) is 12.6. The minimum absolute atomic E-state index is 0.115. The van der Waals surface area contributed by atoms with Gasteiger partial charge in [0.1, 0.15) is 23.0 Å². The number of carbonyl (C=O) groups is 2. The summed E-state index contributed by atoms with van der Waals surface area (Å²) in [5, 5.41) is 32.2. The van der Waals surface area contributed by atoms with Crippen LogP contribution >= 0.6 is 23.2 Å². The largest absolute Gasteiger partial charge is 0.507 e. The Morgan fingerprint density at radius 1 is 0.500 bits per heavy atom. The number of amides is 2. The average Bonchev–Trinajstić information content (AvgIpc) is 3.25. The van der Waals surface area contributed by atoms with Crippen molar-refractivity contribution >= 4 is 46.4 Å². The maximum absolute atomic E-state index is 13.8. The Labute approximate surface area is 399 Å². The molecular weight excluding hydrogens is 868 g/mol. The van der Waals surface area contributed by atoms with Gasteiger partial charge in [0, 0.05) is 80.5 Å². The molecule has 8 bridgehead atoms. The Balaban J connectivity index is 1.51. The van der Waals surface area contributed by atoms with Gasteiger partial charge in [-0.3, -0.25) is 9.59 Å². The summed E-state index contributed by atoms with van der Waals surface area (Å²) in [5.41, 5.74) is 9.22. The SMILES string of the molecule is CCCOc1c2cc(C(C)(C)C)cc1Cc1cc(NC(=O)c3ccc(Cl)cc3)cc(c1O)Cc1cc(C(C)(C)C)cc(c1OCCC)Cc1cc(NC(=O)c3ccc(Cl)cc3)cc(c1O)C2. The monoisotopic (exact) mass is 926 g/mol. The van der Waals surface area contributed by atoms with Crippen molar-refractivity contribution in [3.8, 4) is 23.0 Å². The Kier molecular flexibility index (Phi) is 14.4. The van der Waals surface area contributed by atoms with Crippen LogP contribution in [0.5, 0.6) is 23.0 Å². The third-order valence-electron chi connectivity index (χ3n) is 11.9. The van der Waals surface area contributed by atoms with Crippen LogP contribution in [-0.4, -0.2) is 35.2 Å². The van der Waals surface area contributed by atoms with Gasteiger partial charge < -0.3 is 30.3 Å². The molecule has 0 heterocycles. The zero-order valence-corrected chi connectivity index (χ0v) is 40.7. The summed E-state index contributed by atoms with van der Waals surface area (Å²) in [4.78, 5) is 27.6. The van der Waals surface area contributed by atoms with E-state index in [4.69, 9.17) is 32.7 Å². The summed E-state index contributed by atoms with van der Waals surface area (Å²) in [7, 11) is 0. The molecular formula is C56H60Cl2N2O6. The lowest BCUT2D eigenvalue weighted by atomic mass is 9.81. The zero-order chi connectivity index (χ0) is 47.5. The van der Waals surface area contributed by atoms with Gasteiger partial charge in [0.05, 0.1) is 13.2 Å². The molecule has 0 unspecified atom stereocenters. The van der Waals surface area contributed by atoms with Crippen LogP contribution in [-0.2, 0) is 36.5 Å². The van der Waals surface area contributed by atoms with Crippen molar-refractivity contribution in [3.63, 3.8) is 0 Å². The molecule has 1 aliphatic carbocycles. The molecule has 0 fully saturated rings. The van der Waals surface area contributed by atoms with Crippen molar-refractivity contribution in [3.05, 3.63) is 174 Å². The first-order valence-corrected chi connectivity index (χ1v) is 23.5. The average molecular weight is 928 g/mol. The summed E-state index contributed by atoms with van der Waals surface area (Å²) in [5.74, 6) is 0.913. The van der Waals surface area contributed by atoms with Crippen LogP contribution in [0.2, 0.25) is 10.0 Å². The van der Waals surface area contributed by atoms with E-state index in [9.17, 15) is 19.8 Å². The maximum atomic E-state index is 13.8. The number of aromatic hydroxyl groups is 2. The van der Waals surface area contributed by atoms with Crippen molar-refractivity contribution < 1.29 is 29.3 Å². The highest BCUT2D eigenvalue weighted by atomic mass is 35.5. The standard InChI is InChI=1S/C56H60Cl2N2O6/c1-9-19-65-51-39-21-35-29-47(59-53(63)33-11-15-45(57)16-12-33)31-37(49(35)61)23-41-27-44(56(6,7)8)28-42(52(41)66-20-10-2)24-38-32-48(60-54(64)34-13-17-46(58)18-14-34)30-36(50(38)62)22-40(51)26-43(25-39)55(3,4)5/h11-18,25-32,61-62H,9-10,19-24H2,1-8H3,(H,59,63)(H,60,64). The highest BCUT2D eigenvalue weighted by Gasteiger charge is 2.27. The number of fused-ring (bicyclic) bond motifs is 8. The van der Waals surface area contributed by atoms with E-state index in [1.54, 1.807) is 48.5 Å². The summed E-state index contributed by atoms with van der Waals surface area (Å²) >= 11 is 12.4. The Morgan fingerprint density at radius 3 is 1.05 bits per heavy atom. The van der Waals surface area contributed by atoms with Crippen molar-refractivity contribution in [1.29, 1.82) is 0 Å². The highest BCUT2D eigenvalue weighted by molar-refractivity contribution is 6.31. The molecule has 0 atom stereocenters. The number of carbonyl (C=O) groups excluding carboxylic acids is 2. The Morgan fingerprint density at radius 2 is 0.788 bits per heavy atom. The molecule has 7 rings (SSSR count). The van der Waals surface area contributed by atoms with Crippen LogP contribution in [0.4, 0.5) is 11.4 Å². The summed E-state index contributed by atoms with van der Waals surface area (Å²) < 4.78 is 13.3. The second kappa shape index (κ2) is 19.9. The third kappa shape index (κ3) is 11.2. The predicted octanol–water partition coefficient (Wildman–Crippen LogP) is 13.8. The van der Waals surface area contributed by atoms with E-state index in [0.717, 1.165) is 46.2 Å². The Bertz CT molecular complexity index is 2480. The number of phenolic OH excluding ortho intramolecular Hbond substituents is 2. The molecule has 0 aromatic heterocycles. The second-order valence-electron chi connectivity index (χ2n) is 19.4. The van der Waals surface area contributed by atoms with E-state index < -0.39 is 0 Å². The lowest BCUT2D eigenvalue weighted by Gasteiger charge is -2.26. The lowest BCUT2D eigenvalue weighted by Crippen LogP contribution is -2.16. The molecule has 6 aromatic rings. The molecule has 0 radical (unpaired) electrons. The minimum Gasteiger partial charge on any atom is -0.507 e. The van der Waals surface area contributed by atoms with E-state index >= 15 is 0 Å². The summed E-state index contributed by atoms with van der Waals surface area (Å²) in [6.45, 7) is 17.9. The van der Waals surface area contributed by atoms with Crippen molar-refractivity contribution in [2.45, 2.75) is 105 Å². The van der Waals surface area contributed by atoms with Gasteiger partial charge >= 0.3 is 0 Å². The fourth-order valence-electron chi connectivity index (χ4n) is 8.31. The minimum atomic E-state index is -0.311. The lowest BCUT2D eigenvalue weighted by molar-refractivity contribution is 0.101. The van der Waals surface area contributed by atoms with Gasteiger partial charge in [0.15, 0.2) is 0 Å². The number of phenols is 2. The van der Waals surface area contributed by atoms with Crippen molar-refractivity contribution in [2.75, 3.05) is 23.8 Å². The van der Waals surface area contributed by atoms with Crippen LogP contribution in [0.1, 0.15) is 145 Å². The van der Waals surface area contributed by atoms with Gasteiger partial charge in [0.25, 0.3) is 11.8 Å². The van der Waals surface area contributed by atoms with Gasteiger partial charge in [-0.25, -0.2) is 0 Å². The van der Waals surface area contributed by atoms with Crippen LogP contribution in [0.25, 0.3) is 0 Å². The van der Waals surface area contributed by atoms with Crippen LogP contribution < -0.4 is 20.1 Å². The first-order chi connectivity index (χ1) is 31.3. The number of hydrogen-bond donors (Lipinski definition) is 4.